The van der Waals surface area contributed by atoms with Crippen LogP contribution in [-0.2, 0) is 12.8 Å². The molecule has 0 spiro atoms. The third-order valence-electron chi connectivity index (χ3n) is 4.51. The van der Waals surface area contributed by atoms with E-state index in [9.17, 15) is 5.11 Å². The van der Waals surface area contributed by atoms with Gasteiger partial charge >= 0.3 is 0 Å². The zero-order valence-electron chi connectivity index (χ0n) is 12.1. The van der Waals surface area contributed by atoms with E-state index in [0.717, 1.165) is 5.75 Å². The Hall–Kier alpha value is -1.06. The maximum absolute atomic E-state index is 9.98. The molecule has 3 rings (SSSR count). The van der Waals surface area contributed by atoms with Gasteiger partial charge in [-0.05, 0) is 55.4 Å². The molecule has 0 aromatic heterocycles. The average Bonchev–Trinajstić information content (AvgIpc) is 3.13. The second-order valence-corrected chi connectivity index (χ2v) is 6.14. The van der Waals surface area contributed by atoms with Crippen molar-refractivity contribution in [3.05, 3.63) is 29.3 Å². The molecule has 3 nitrogen and oxygen atoms in total. The predicted molar refractivity (Wildman–Crippen MR) is 80.2 cm³/mol. The number of hydrogen-bond acceptors (Lipinski definition) is 3. The molecule has 1 saturated carbocycles. The van der Waals surface area contributed by atoms with Crippen LogP contribution in [-0.4, -0.2) is 30.4 Å². The molecule has 20 heavy (non-hydrogen) atoms. The Morgan fingerprint density at radius 3 is 2.80 bits per heavy atom. The van der Waals surface area contributed by atoms with Crippen LogP contribution in [0.4, 0.5) is 0 Å². The van der Waals surface area contributed by atoms with E-state index in [4.69, 9.17) is 4.74 Å². The van der Waals surface area contributed by atoms with Crippen LogP contribution in [0.25, 0.3) is 0 Å². The van der Waals surface area contributed by atoms with Crippen molar-refractivity contribution in [1.82, 2.24) is 5.32 Å². The first-order valence-corrected chi connectivity index (χ1v) is 7.97. The summed E-state index contributed by atoms with van der Waals surface area (Å²) in [6.07, 6.45) is 8.33. The number of ether oxygens (including phenoxy) is 1. The van der Waals surface area contributed by atoms with Gasteiger partial charge in [0.25, 0.3) is 0 Å². The van der Waals surface area contributed by atoms with Gasteiger partial charge < -0.3 is 15.2 Å². The van der Waals surface area contributed by atoms with Crippen LogP contribution in [0.5, 0.6) is 5.75 Å². The Bertz CT molecular complexity index is 441. The molecule has 2 N–H and O–H groups in total. The number of aliphatic hydroxyl groups excluding tert-OH is 1. The predicted octanol–water partition coefficient (Wildman–Crippen LogP) is 2.45. The van der Waals surface area contributed by atoms with Crippen LogP contribution in [0.2, 0.25) is 0 Å². The Balaban J connectivity index is 1.41. The molecule has 1 unspecified atom stereocenters. The second-order valence-electron chi connectivity index (χ2n) is 6.14. The quantitative estimate of drug-likeness (QED) is 0.838. The normalized spacial score (nSPS) is 20.1. The van der Waals surface area contributed by atoms with E-state index in [1.165, 1.54) is 56.1 Å². The van der Waals surface area contributed by atoms with Crippen molar-refractivity contribution in [2.45, 2.75) is 57.1 Å². The van der Waals surface area contributed by atoms with Gasteiger partial charge in [-0.15, -0.1) is 0 Å². The molecule has 110 valence electrons. The summed E-state index contributed by atoms with van der Waals surface area (Å²) in [5, 5.41) is 13.4. The van der Waals surface area contributed by atoms with Crippen molar-refractivity contribution in [1.29, 1.82) is 0 Å². The fourth-order valence-electron chi connectivity index (χ4n) is 3.32. The van der Waals surface area contributed by atoms with Gasteiger partial charge in [0, 0.05) is 12.6 Å². The molecule has 1 aromatic rings. The molecule has 0 saturated heterocycles. The molecule has 0 heterocycles. The highest BCUT2D eigenvalue weighted by Gasteiger charge is 2.16. The van der Waals surface area contributed by atoms with E-state index in [-0.39, 0.29) is 0 Å². The molecule has 0 aliphatic heterocycles. The number of fused-ring (bicyclic) bond motifs is 1. The highest BCUT2D eigenvalue weighted by atomic mass is 16.5. The summed E-state index contributed by atoms with van der Waals surface area (Å²) >= 11 is 0. The van der Waals surface area contributed by atoms with E-state index >= 15 is 0 Å². The SMILES string of the molecule is OC(CNC1CCCC1)COc1ccc2c(c1)CCC2. The molecule has 1 atom stereocenters. The van der Waals surface area contributed by atoms with Crippen molar-refractivity contribution in [2.24, 2.45) is 0 Å². The summed E-state index contributed by atoms with van der Waals surface area (Å²) in [5.74, 6) is 0.894. The van der Waals surface area contributed by atoms with Gasteiger partial charge in [0.15, 0.2) is 0 Å². The summed E-state index contributed by atoms with van der Waals surface area (Å²) in [4.78, 5) is 0. The first-order chi connectivity index (χ1) is 9.81. The molecule has 0 radical (unpaired) electrons. The molecule has 2 aliphatic carbocycles. The summed E-state index contributed by atoms with van der Waals surface area (Å²) < 4.78 is 5.72. The van der Waals surface area contributed by atoms with E-state index in [2.05, 4.69) is 17.4 Å². The third-order valence-corrected chi connectivity index (χ3v) is 4.51. The number of aryl methyl sites for hydroxylation is 2. The summed E-state index contributed by atoms with van der Waals surface area (Å²) in [7, 11) is 0. The first kappa shape index (κ1) is 13.9. The maximum Gasteiger partial charge on any atom is 0.119 e. The van der Waals surface area contributed by atoms with E-state index in [0.29, 0.717) is 19.2 Å². The van der Waals surface area contributed by atoms with Crippen molar-refractivity contribution < 1.29 is 9.84 Å². The van der Waals surface area contributed by atoms with Crippen molar-refractivity contribution in [3.63, 3.8) is 0 Å². The van der Waals surface area contributed by atoms with E-state index in [1.54, 1.807) is 0 Å². The Kier molecular flexibility index (Phi) is 4.58. The second kappa shape index (κ2) is 6.59. The minimum absolute atomic E-state index is 0.374. The molecular formula is C17H25NO2. The zero-order chi connectivity index (χ0) is 13.8. The average molecular weight is 275 g/mol. The van der Waals surface area contributed by atoms with E-state index in [1.807, 2.05) is 6.07 Å². The Labute approximate surface area is 121 Å². The van der Waals surface area contributed by atoms with Gasteiger partial charge in [-0.1, -0.05) is 18.9 Å². The van der Waals surface area contributed by atoms with Crippen LogP contribution in [0.1, 0.15) is 43.2 Å². The highest BCUT2D eigenvalue weighted by molar-refractivity contribution is 5.38. The van der Waals surface area contributed by atoms with Gasteiger partial charge in [0.05, 0.1) is 0 Å². The molecule has 1 fully saturated rings. The lowest BCUT2D eigenvalue weighted by Crippen LogP contribution is -2.36. The standard InChI is InChI=1S/C17H25NO2/c19-16(11-18-15-6-1-2-7-15)12-20-17-9-8-13-4-3-5-14(13)10-17/h8-10,15-16,18-19H,1-7,11-12H2. The number of nitrogens with one attached hydrogen (secondary N) is 1. The van der Waals surface area contributed by atoms with Crippen LogP contribution >= 0.6 is 0 Å². The largest absolute Gasteiger partial charge is 0.491 e. The summed E-state index contributed by atoms with van der Waals surface area (Å²) in [5.41, 5.74) is 2.88. The van der Waals surface area contributed by atoms with Crippen LogP contribution in [0.3, 0.4) is 0 Å². The Morgan fingerprint density at radius 2 is 1.95 bits per heavy atom. The lowest BCUT2D eigenvalue weighted by molar-refractivity contribution is 0.104. The van der Waals surface area contributed by atoms with Gasteiger partial charge in [-0.3, -0.25) is 0 Å². The smallest absolute Gasteiger partial charge is 0.119 e. The van der Waals surface area contributed by atoms with Gasteiger partial charge in [0.1, 0.15) is 18.5 Å². The number of hydrogen-bond donors (Lipinski definition) is 2. The monoisotopic (exact) mass is 275 g/mol. The maximum atomic E-state index is 9.98. The third kappa shape index (κ3) is 3.53. The fraction of sp³-hybridized carbons (Fsp3) is 0.647. The molecule has 0 bridgehead atoms. The van der Waals surface area contributed by atoms with Gasteiger partial charge in [-0.2, -0.15) is 0 Å². The van der Waals surface area contributed by atoms with Crippen molar-refractivity contribution in [3.8, 4) is 5.75 Å². The molecule has 0 amide bonds. The fourth-order valence-corrected chi connectivity index (χ4v) is 3.32. The summed E-state index contributed by atoms with van der Waals surface area (Å²) in [6.45, 7) is 1.01. The molecule has 1 aromatic carbocycles. The number of benzene rings is 1. The Morgan fingerprint density at radius 1 is 1.15 bits per heavy atom. The topological polar surface area (TPSA) is 41.5 Å². The minimum Gasteiger partial charge on any atom is -0.491 e. The number of rotatable bonds is 6. The lowest BCUT2D eigenvalue weighted by atomic mass is 10.1. The first-order valence-electron chi connectivity index (χ1n) is 7.97. The van der Waals surface area contributed by atoms with E-state index < -0.39 is 6.10 Å². The number of aliphatic hydroxyl groups is 1. The van der Waals surface area contributed by atoms with Crippen LogP contribution < -0.4 is 10.1 Å². The highest BCUT2D eigenvalue weighted by Crippen LogP contribution is 2.26. The molecular weight excluding hydrogens is 250 g/mol. The van der Waals surface area contributed by atoms with Crippen molar-refractivity contribution >= 4 is 0 Å². The van der Waals surface area contributed by atoms with Crippen molar-refractivity contribution in [2.75, 3.05) is 13.2 Å². The van der Waals surface area contributed by atoms with Crippen LogP contribution in [0, 0.1) is 0 Å². The van der Waals surface area contributed by atoms with Gasteiger partial charge in [-0.25, -0.2) is 0 Å². The van der Waals surface area contributed by atoms with Crippen LogP contribution in [0.15, 0.2) is 18.2 Å². The summed E-state index contributed by atoms with van der Waals surface area (Å²) in [6, 6.07) is 6.94. The van der Waals surface area contributed by atoms with Gasteiger partial charge in [0.2, 0.25) is 0 Å². The molecule has 3 heteroatoms. The lowest BCUT2D eigenvalue weighted by Gasteiger charge is -2.17. The zero-order valence-corrected chi connectivity index (χ0v) is 12.1. The molecule has 2 aliphatic rings. The minimum atomic E-state index is -0.427.